The van der Waals surface area contributed by atoms with Crippen LogP contribution in [0, 0.1) is 5.92 Å². The summed E-state index contributed by atoms with van der Waals surface area (Å²) in [5, 5.41) is 3.03. The van der Waals surface area contributed by atoms with Crippen LogP contribution in [0.3, 0.4) is 0 Å². The van der Waals surface area contributed by atoms with Gasteiger partial charge in [-0.05, 0) is 37.1 Å². The number of carbonyl (C=O) groups excluding carboxylic acids is 1. The van der Waals surface area contributed by atoms with Gasteiger partial charge in [-0.15, -0.1) is 0 Å². The highest BCUT2D eigenvalue weighted by Crippen LogP contribution is 2.36. The number of carbonyl (C=O) groups is 1. The fourth-order valence-corrected chi connectivity index (χ4v) is 4.11. The van der Waals surface area contributed by atoms with Crippen LogP contribution in [0.1, 0.15) is 12.5 Å². The second-order valence-electron chi connectivity index (χ2n) is 6.73. The first-order valence-electron chi connectivity index (χ1n) is 9.06. The minimum absolute atomic E-state index is 0.0265. The van der Waals surface area contributed by atoms with Gasteiger partial charge in [0.15, 0.2) is 0 Å². The molecule has 0 saturated carbocycles. The maximum Gasteiger partial charge on any atom is 0.225 e. The second-order valence-corrected chi connectivity index (χ2v) is 6.73. The molecule has 1 fully saturated rings. The van der Waals surface area contributed by atoms with Crippen molar-refractivity contribution in [3.8, 4) is 0 Å². The zero-order valence-electron chi connectivity index (χ0n) is 14.6. The van der Waals surface area contributed by atoms with Crippen LogP contribution in [-0.4, -0.2) is 43.1 Å². The molecule has 25 heavy (non-hydrogen) atoms. The summed E-state index contributed by atoms with van der Waals surface area (Å²) in [4.78, 5) is 22.0. The van der Waals surface area contributed by atoms with E-state index in [-0.39, 0.29) is 17.9 Å². The summed E-state index contributed by atoms with van der Waals surface area (Å²) in [5.41, 5.74) is 2.56. The summed E-state index contributed by atoms with van der Waals surface area (Å²) >= 11 is 0. The number of hydrogen-bond donors (Lipinski definition) is 1. The van der Waals surface area contributed by atoms with Crippen molar-refractivity contribution in [3.63, 3.8) is 0 Å². The highest BCUT2D eigenvalue weighted by Gasteiger charge is 2.41. The molecule has 3 heterocycles. The average Bonchev–Trinajstić information content (AvgIpc) is 2.67. The SMILES string of the molecule is CCNC(=O)[C@H]1Cc2ccccc2N2CCN(c3ccccn3)C[C@@H]12. The molecular formula is C20H24N4O. The van der Waals surface area contributed by atoms with E-state index in [2.05, 4.69) is 44.4 Å². The number of benzene rings is 1. The Hall–Kier alpha value is -2.56. The molecule has 0 spiro atoms. The first kappa shape index (κ1) is 15.9. The van der Waals surface area contributed by atoms with Crippen molar-refractivity contribution in [2.45, 2.75) is 19.4 Å². The summed E-state index contributed by atoms with van der Waals surface area (Å²) in [5.74, 6) is 1.13. The Morgan fingerprint density at radius 2 is 2.04 bits per heavy atom. The van der Waals surface area contributed by atoms with E-state index in [1.54, 1.807) is 0 Å². The standard InChI is InChI=1S/C20H24N4O/c1-2-21-20(25)16-13-15-7-3-4-8-17(15)24-12-11-23(14-18(16)24)19-9-5-6-10-22-19/h3-10,16,18H,2,11-14H2,1H3,(H,21,25)/t16-,18-/m0/s1. The van der Waals surface area contributed by atoms with Gasteiger partial charge in [-0.3, -0.25) is 4.79 Å². The largest absolute Gasteiger partial charge is 0.364 e. The van der Waals surface area contributed by atoms with Crippen LogP contribution in [0.4, 0.5) is 11.5 Å². The van der Waals surface area contributed by atoms with E-state index in [0.717, 1.165) is 31.9 Å². The van der Waals surface area contributed by atoms with Gasteiger partial charge in [0.2, 0.25) is 5.91 Å². The van der Waals surface area contributed by atoms with Gasteiger partial charge in [-0.1, -0.05) is 24.3 Å². The molecule has 1 N–H and O–H groups in total. The Balaban J connectivity index is 1.66. The predicted molar refractivity (Wildman–Crippen MR) is 99.9 cm³/mol. The van der Waals surface area contributed by atoms with Crippen LogP contribution in [0.5, 0.6) is 0 Å². The predicted octanol–water partition coefficient (Wildman–Crippen LogP) is 2.09. The zero-order valence-corrected chi connectivity index (χ0v) is 14.6. The van der Waals surface area contributed by atoms with Gasteiger partial charge in [0, 0.05) is 38.1 Å². The number of nitrogens with zero attached hydrogens (tertiary/aromatic N) is 3. The summed E-state index contributed by atoms with van der Waals surface area (Å²) in [6.45, 7) is 5.31. The molecule has 5 nitrogen and oxygen atoms in total. The molecule has 1 aromatic carbocycles. The highest BCUT2D eigenvalue weighted by molar-refractivity contribution is 5.82. The minimum atomic E-state index is -0.0265. The van der Waals surface area contributed by atoms with E-state index in [9.17, 15) is 4.79 Å². The molecule has 1 aromatic heterocycles. The molecular weight excluding hydrogens is 312 g/mol. The summed E-state index contributed by atoms with van der Waals surface area (Å²) < 4.78 is 0. The van der Waals surface area contributed by atoms with E-state index < -0.39 is 0 Å². The van der Waals surface area contributed by atoms with Crippen LogP contribution in [0.25, 0.3) is 0 Å². The number of anilines is 2. The van der Waals surface area contributed by atoms with Crippen molar-refractivity contribution in [2.24, 2.45) is 5.92 Å². The third kappa shape index (κ3) is 2.95. The number of amides is 1. The summed E-state index contributed by atoms with van der Waals surface area (Å²) in [7, 11) is 0. The van der Waals surface area contributed by atoms with Crippen molar-refractivity contribution in [3.05, 3.63) is 54.2 Å². The molecule has 2 aliphatic heterocycles. The smallest absolute Gasteiger partial charge is 0.225 e. The molecule has 0 aliphatic carbocycles. The van der Waals surface area contributed by atoms with E-state index in [0.29, 0.717) is 6.54 Å². The third-order valence-electron chi connectivity index (χ3n) is 5.28. The summed E-state index contributed by atoms with van der Waals surface area (Å²) in [6.07, 6.45) is 2.64. The molecule has 0 radical (unpaired) electrons. The second kappa shape index (κ2) is 6.75. The molecule has 0 unspecified atom stereocenters. The van der Waals surface area contributed by atoms with Gasteiger partial charge < -0.3 is 15.1 Å². The maximum atomic E-state index is 12.7. The average molecular weight is 336 g/mol. The quantitative estimate of drug-likeness (QED) is 0.932. The number of fused-ring (bicyclic) bond motifs is 3. The van der Waals surface area contributed by atoms with Gasteiger partial charge in [0.05, 0.1) is 12.0 Å². The molecule has 0 bridgehead atoms. The highest BCUT2D eigenvalue weighted by atomic mass is 16.1. The van der Waals surface area contributed by atoms with Crippen LogP contribution in [-0.2, 0) is 11.2 Å². The fraction of sp³-hybridized carbons (Fsp3) is 0.400. The monoisotopic (exact) mass is 336 g/mol. The van der Waals surface area contributed by atoms with Crippen LogP contribution < -0.4 is 15.1 Å². The van der Waals surface area contributed by atoms with E-state index >= 15 is 0 Å². The normalized spacial score (nSPS) is 22.1. The van der Waals surface area contributed by atoms with Crippen molar-refractivity contribution in [1.82, 2.24) is 10.3 Å². The van der Waals surface area contributed by atoms with E-state index in [4.69, 9.17) is 0 Å². The van der Waals surface area contributed by atoms with Gasteiger partial charge in [-0.2, -0.15) is 0 Å². The molecule has 1 amide bonds. The molecule has 1 saturated heterocycles. The van der Waals surface area contributed by atoms with Crippen LogP contribution >= 0.6 is 0 Å². The van der Waals surface area contributed by atoms with Crippen LogP contribution in [0.2, 0.25) is 0 Å². The lowest BCUT2D eigenvalue weighted by Crippen LogP contribution is -2.61. The van der Waals surface area contributed by atoms with Crippen molar-refractivity contribution in [1.29, 1.82) is 0 Å². The van der Waals surface area contributed by atoms with Crippen LogP contribution in [0.15, 0.2) is 48.7 Å². The Morgan fingerprint density at radius 1 is 1.20 bits per heavy atom. The van der Waals surface area contributed by atoms with E-state index in [1.807, 2.05) is 31.3 Å². The minimum Gasteiger partial charge on any atom is -0.364 e. The third-order valence-corrected chi connectivity index (χ3v) is 5.28. The number of pyridine rings is 1. The number of aromatic nitrogens is 1. The van der Waals surface area contributed by atoms with Crippen molar-refractivity contribution < 1.29 is 4.79 Å². The molecule has 2 atom stereocenters. The molecule has 5 heteroatoms. The maximum absolute atomic E-state index is 12.7. The van der Waals surface area contributed by atoms with E-state index in [1.165, 1.54) is 11.3 Å². The lowest BCUT2D eigenvalue weighted by molar-refractivity contribution is -0.125. The Morgan fingerprint density at radius 3 is 2.84 bits per heavy atom. The Kier molecular flexibility index (Phi) is 4.30. The lowest BCUT2D eigenvalue weighted by atomic mass is 9.83. The Labute approximate surface area is 148 Å². The number of rotatable bonds is 3. The number of piperazine rings is 1. The molecule has 2 aromatic rings. The topological polar surface area (TPSA) is 48.5 Å². The van der Waals surface area contributed by atoms with Gasteiger partial charge in [0.1, 0.15) is 5.82 Å². The zero-order chi connectivity index (χ0) is 17.2. The van der Waals surface area contributed by atoms with Crippen molar-refractivity contribution >= 4 is 17.4 Å². The molecule has 4 rings (SSSR count). The first-order chi connectivity index (χ1) is 12.3. The van der Waals surface area contributed by atoms with Gasteiger partial charge in [0.25, 0.3) is 0 Å². The molecule has 2 aliphatic rings. The number of nitrogens with one attached hydrogen (secondary N) is 1. The van der Waals surface area contributed by atoms with Crippen molar-refractivity contribution in [2.75, 3.05) is 36.0 Å². The number of para-hydroxylation sites is 1. The fourth-order valence-electron chi connectivity index (χ4n) is 4.11. The number of hydrogen-bond acceptors (Lipinski definition) is 4. The summed E-state index contributed by atoms with van der Waals surface area (Å²) in [6, 6.07) is 14.7. The van der Waals surface area contributed by atoms with Gasteiger partial charge >= 0.3 is 0 Å². The molecule has 130 valence electrons. The van der Waals surface area contributed by atoms with Gasteiger partial charge in [-0.25, -0.2) is 4.98 Å². The first-order valence-corrected chi connectivity index (χ1v) is 9.06. The lowest BCUT2D eigenvalue weighted by Gasteiger charge is -2.49. The Bertz CT molecular complexity index is 748.